The minimum atomic E-state index is -0.648. The molecule has 1 N–H and O–H groups in total. The summed E-state index contributed by atoms with van der Waals surface area (Å²) in [6.45, 7) is 7.38. The first-order valence-electron chi connectivity index (χ1n) is 10.7. The van der Waals surface area contributed by atoms with Crippen molar-refractivity contribution < 1.29 is 19.4 Å². The van der Waals surface area contributed by atoms with Crippen LogP contribution in [0.4, 0.5) is 0 Å². The number of ketones is 1. The highest BCUT2D eigenvalue weighted by Crippen LogP contribution is 2.39. The summed E-state index contributed by atoms with van der Waals surface area (Å²) in [5, 5.41) is 11.0. The second-order valence-corrected chi connectivity index (χ2v) is 7.51. The third kappa shape index (κ3) is 4.80. The van der Waals surface area contributed by atoms with E-state index in [1.165, 1.54) is 0 Å². The van der Waals surface area contributed by atoms with Crippen molar-refractivity contribution in [2.45, 2.75) is 26.3 Å². The summed E-state index contributed by atoms with van der Waals surface area (Å²) in [6, 6.07) is 15.6. The average Bonchev–Trinajstić information content (AvgIpc) is 3.07. The van der Waals surface area contributed by atoms with Crippen LogP contribution in [0.15, 0.2) is 60.2 Å². The molecule has 2 aromatic carbocycles. The van der Waals surface area contributed by atoms with Gasteiger partial charge in [-0.15, -0.1) is 0 Å². The van der Waals surface area contributed by atoms with E-state index in [0.717, 1.165) is 31.6 Å². The Balaban J connectivity index is 1.98. The van der Waals surface area contributed by atoms with E-state index in [0.29, 0.717) is 17.9 Å². The average molecular weight is 423 g/mol. The van der Waals surface area contributed by atoms with Gasteiger partial charge in [0.2, 0.25) is 0 Å². The van der Waals surface area contributed by atoms with Gasteiger partial charge >= 0.3 is 0 Å². The molecule has 0 aromatic heterocycles. The SMILES string of the molecule is CCN(CC)CCCN1C(=O)C(=O)/C(=C(\O)c2ccc(OC)cc2)C1c1ccccc1. The van der Waals surface area contributed by atoms with Gasteiger partial charge in [-0.25, -0.2) is 0 Å². The summed E-state index contributed by atoms with van der Waals surface area (Å²) in [4.78, 5) is 29.8. The lowest BCUT2D eigenvalue weighted by atomic mass is 9.95. The predicted octanol–water partition coefficient (Wildman–Crippen LogP) is 3.85. The Bertz CT molecular complexity index is 934. The van der Waals surface area contributed by atoms with E-state index < -0.39 is 17.7 Å². The van der Waals surface area contributed by atoms with Crippen LogP contribution < -0.4 is 4.74 Å². The van der Waals surface area contributed by atoms with E-state index in [4.69, 9.17) is 4.74 Å². The number of methoxy groups -OCH3 is 1. The zero-order valence-corrected chi connectivity index (χ0v) is 18.4. The first-order valence-corrected chi connectivity index (χ1v) is 10.7. The van der Waals surface area contributed by atoms with Crippen LogP contribution in [0, 0.1) is 0 Å². The summed E-state index contributed by atoms with van der Waals surface area (Å²) < 4.78 is 5.17. The van der Waals surface area contributed by atoms with E-state index in [2.05, 4.69) is 18.7 Å². The van der Waals surface area contributed by atoms with Gasteiger partial charge < -0.3 is 19.6 Å². The smallest absolute Gasteiger partial charge is 0.295 e. The van der Waals surface area contributed by atoms with Gasteiger partial charge in [0.1, 0.15) is 11.5 Å². The van der Waals surface area contributed by atoms with Crippen molar-refractivity contribution in [3.05, 3.63) is 71.3 Å². The molecule has 31 heavy (non-hydrogen) atoms. The molecule has 0 radical (unpaired) electrons. The number of hydrogen-bond donors (Lipinski definition) is 1. The van der Waals surface area contributed by atoms with Crippen molar-refractivity contribution in [1.82, 2.24) is 9.80 Å². The first-order chi connectivity index (χ1) is 15.0. The standard InChI is InChI=1S/C25H30N2O4/c1-4-26(5-2)16-9-17-27-22(18-10-7-6-8-11-18)21(24(29)25(27)30)23(28)19-12-14-20(31-3)15-13-19/h6-8,10-15,22,28H,4-5,9,16-17H2,1-3H3/b23-21-. The number of benzene rings is 2. The Kier molecular flexibility index (Phi) is 7.47. The van der Waals surface area contributed by atoms with Crippen LogP contribution in [-0.4, -0.2) is 59.9 Å². The highest BCUT2D eigenvalue weighted by atomic mass is 16.5. The molecule has 1 heterocycles. The van der Waals surface area contributed by atoms with Gasteiger partial charge in [0.15, 0.2) is 0 Å². The van der Waals surface area contributed by atoms with Crippen molar-refractivity contribution in [2.24, 2.45) is 0 Å². The molecule has 1 atom stereocenters. The summed E-state index contributed by atoms with van der Waals surface area (Å²) in [5.74, 6) is -0.734. The lowest BCUT2D eigenvalue weighted by Gasteiger charge is -2.26. The second-order valence-electron chi connectivity index (χ2n) is 7.51. The van der Waals surface area contributed by atoms with Crippen LogP contribution >= 0.6 is 0 Å². The van der Waals surface area contributed by atoms with Gasteiger partial charge in [0.25, 0.3) is 11.7 Å². The van der Waals surface area contributed by atoms with Gasteiger partial charge in [0.05, 0.1) is 18.7 Å². The summed E-state index contributed by atoms with van der Waals surface area (Å²) >= 11 is 0. The van der Waals surface area contributed by atoms with Crippen LogP contribution in [0.2, 0.25) is 0 Å². The molecule has 164 valence electrons. The zero-order valence-electron chi connectivity index (χ0n) is 18.4. The molecule has 6 heteroatoms. The molecule has 0 bridgehead atoms. The van der Waals surface area contributed by atoms with Gasteiger partial charge in [-0.2, -0.15) is 0 Å². The lowest BCUT2D eigenvalue weighted by molar-refractivity contribution is -0.140. The molecule has 1 aliphatic heterocycles. The minimum Gasteiger partial charge on any atom is -0.507 e. The maximum atomic E-state index is 13.0. The van der Waals surface area contributed by atoms with E-state index in [1.807, 2.05) is 30.3 Å². The van der Waals surface area contributed by atoms with E-state index in [9.17, 15) is 14.7 Å². The van der Waals surface area contributed by atoms with Crippen molar-refractivity contribution in [1.29, 1.82) is 0 Å². The summed E-state index contributed by atoms with van der Waals surface area (Å²) in [7, 11) is 1.56. The number of Topliss-reactive ketones (excluding diaryl/α,β-unsaturated/α-hetero) is 1. The molecule has 0 saturated carbocycles. The fourth-order valence-electron chi connectivity index (χ4n) is 4.00. The predicted molar refractivity (Wildman–Crippen MR) is 121 cm³/mol. The number of aliphatic hydroxyl groups is 1. The Morgan fingerprint density at radius 1 is 1.03 bits per heavy atom. The summed E-state index contributed by atoms with van der Waals surface area (Å²) in [5.41, 5.74) is 1.41. The number of likely N-dealkylation sites (tertiary alicyclic amines) is 1. The number of carbonyl (C=O) groups excluding carboxylic acids is 2. The topological polar surface area (TPSA) is 70.1 Å². The number of carbonyl (C=O) groups is 2. The highest BCUT2D eigenvalue weighted by Gasteiger charge is 2.45. The fourth-order valence-corrected chi connectivity index (χ4v) is 4.00. The molecule has 0 aliphatic carbocycles. The second kappa shape index (κ2) is 10.3. The lowest BCUT2D eigenvalue weighted by Crippen LogP contribution is -2.33. The molecule has 3 rings (SSSR count). The van der Waals surface area contributed by atoms with Gasteiger partial charge in [-0.1, -0.05) is 44.2 Å². The number of rotatable bonds is 9. The van der Waals surface area contributed by atoms with Gasteiger partial charge in [-0.3, -0.25) is 9.59 Å². The van der Waals surface area contributed by atoms with E-state index in [1.54, 1.807) is 36.3 Å². The Morgan fingerprint density at radius 3 is 2.26 bits per heavy atom. The van der Waals surface area contributed by atoms with Crippen LogP contribution in [0.3, 0.4) is 0 Å². The summed E-state index contributed by atoms with van der Waals surface area (Å²) in [6.07, 6.45) is 0.751. The third-order valence-electron chi connectivity index (χ3n) is 5.79. The maximum Gasteiger partial charge on any atom is 0.295 e. The number of amides is 1. The maximum absolute atomic E-state index is 13.0. The Labute approximate surface area is 183 Å². The molecule has 1 amide bonds. The molecular formula is C25H30N2O4. The number of ether oxygens (including phenoxy) is 1. The molecule has 2 aromatic rings. The van der Waals surface area contributed by atoms with Crippen LogP contribution in [0.5, 0.6) is 5.75 Å². The van der Waals surface area contributed by atoms with Crippen LogP contribution in [-0.2, 0) is 9.59 Å². The molecule has 0 spiro atoms. The van der Waals surface area contributed by atoms with Gasteiger partial charge in [0, 0.05) is 12.1 Å². The molecule has 1 aliphatic rings. The van der Waals surface area contributed by atoms with Crippen molar-refractivity contribution >= 4 is 17.4 Å². The van der Waals surface area contributed by atoms with E-state index >= 15 is 0 Å². The number of hydrogen-bond acceptors (Lipinski definition) is 5. The van der Waals surface area contributed by atoms with Crippen molar-refractivity contribution in [3.63, 3.8) is 0 Å². The molecular weight excluding hydrogens is 392 g/mol. The largest absolute Gasteiger partial charge is 0.507 e. The number of nitrogens with zero attached hydrogens (tertiary/aromatic N) is 2. The molecule has 1 saturated heterocycles. The van der Waals surface area contributed by atoms with E-state index in [-0.39, 0.29) is 11.3 Å². The van der Waals surface area contributed by atoms with Gasteiger partial charge in [-0.05, 0) is 55.9 Å². The zero-order chi connectivity index (χ0) is 22.4. The van der Waals surface area contributed by atoms with Crippen molar-refractivity contribution in [3.8, 4) is 5.75 Å². The highest BCUT2D eigenvalue weighted by molar-refractivity contribution is 6.46. The normalized spacial score (nSPS) is 18.1. The third-order valence-corrected chi connectivity index (χ3v) is 5.79. The van der Waals surface area contributed by atoms with Crippen molar-refractivity contribution in [2.75, 3.05) is 33.3 Å². The molecule has 1 unspecified atom stereocenters. The Morgan fingerprint density at radius 2 is 1.68 bits per heavy atom. The first kappa shape index (κ1) is 22.6. The quantitative estimate of drug-likeness (QED) is 0.378. The monoisotopic (exact) mass is 422 g/mol. The van der Waals surface area contributed by atoms with Crippen LogP contribution in [0.1, 0.15) is 37.4 Å². The minimum absolute atomic E-state index is 0.129. The van der Waals surface area contributed by atoms with Crippen LogP contribution in [0.25, 0.3) is 5.76 Å². The fraction of sp³-hybridized carbons (Fsp3) is 0.360. The molecule has 1 fully saturated rings. The number of aliphatic hydroxyl groups excluding tert-OH is 1. The molecule has 6 nitrogen and oxygen atoms in total. The Hall–Kier alpha value is -3.12.